The topological polar surface area (TPSA) is 0 Å². The SMILES string of the molecule is CCC[Si](C)(CCCS)CCCS. The molecule has 0 N–H and O–H groups in total. The first-order valence-electron chi connectivity index (χ1n) is 5.40. The van der Waals surface area contributed by atoms with E-state index in [1.165, 1.54) is 37.4 Å². The zero-order chi connectivity index (χ0) is 10.2. The molecule has 0 aromatic rings. The predicted octanol–water partition coefficient (Wildman–Crippen LogP) is 4.11. The van der Waals surface area contributed by atoms with Gasteiger partial charge < -0.3 is 0 Å². The molecule has 0 atom stereocenters. The van der Waals surface area contributed by atoms with Crippen LogP contribution in [0, 0.1) is 0 Å². The lowest BCUT2D eigenvalue weighted by Gasteiger charge is -2.26. The largest absolute Gasteiger partial charge is 0.179 e. The summed E-state index contributed by atoms with van der Waals surface area (Å²) in [7, 11) is -0.889. The molecule has 3 heteroatoms. The molecule has 0 saturated carbocycles. The van der Waals surface area contributed by atoms with Gasteiger partial charge in [0.2, 0.25) is 0 Å². The molecule has 0 nitrogen and oxygen atoms in total. The van der Waals surface area contributed by atoms with Gasteiger partial charge in [-0.05, 0) is 24.3 Å². The summed E-state index contributed by atoms with van der Waals surface area (Å²) in [6.07, 6.45) is 4.00. The highest BCUT2D eigenvalue weighted by atomic mass is 32.1. The molecule has 0 bridgehead atoms. The summed E-state index contributed by atoms with van der Waals surface area (Å²) in [6, 6.07) is 4.44. The minimum absolute atomic E-state index is 0.889. The summed E-state index contributed by atoms with van der Waals surface area (Å²) in [4.78, 5) is 0. The van der Waals surface area contributed by atoms with Crippen LogP contribution in [0.25, 0.3) is 0 Å². The van der Waals surface area contributed by atoms with Gasteiger partial charge in [-0.25, -0.2) is 0 Å². The van der Waals surface area contributed by atoms with Gasteiger partial charge in [0.1, 0.15) is 0 Å². The zero-order valence-corrected chi connectivity index (χ0v) is 11.8. The van der Waals surface area contributed by atoms with Gasteiger partial charge in [0.05, 0.1) is 8.07 Å². The Morgan fingerprint density at radius 2 is 1.38 bits per heavy atom. The van der Waals surface area contributed by atoms with Crippen LogP contribution in [0.5, 0.6) is 0 Å². The monoisotopic (exact) mass is 236 g/mol. The number of hydrogen-bond acceptors (Lipinski definition) is 2. The molecule has 0 unspecified atom stereocenters. The van der Waals surface area contributed by atoms with Gasteiger partial charge in [-0.15, -0.1) is 0 Å². The van der Waals surface area contributed by atoms with Gasteiger partial charge in [-0.1, -0.05) is 38.0 Å². The maximum absolute atomic E-state index is 4.30. The van der Waals surface area contributed by atoms with Crippen LogP contribution in [-0.4, -0.2) is 19.6 Å². The van der Waals surface area contributed by atoms with Crippen molar-refractivity contribution < 1.29 is 0 Å². The molecule has 13 heavy (non-hydrogen) atoms. The van der Waals surface area contributed by atoms with E-state index in [0.29, 0.717) is 0 Å². The fraction of sp³-hybridized carbons (Fsp3) is 1.00. The van der Waals surface area contributed by atoms with E-state index in [-0.39, 0.29) is 0 Å². The minimum Gasteiger partial charge on any atom is -0.179 e. The summed E-state index contributed by atoms with van der Waals surface area (Å²) in [5.41, 5.74) is 0. The van der Waals surface area contributed by atoms with Gasteiger partial charge in [0.15, 0.2) is 0 Å². The summed E-state index contributed by atoms with van der Waals surface area (Å²) in [5.74, 6) is 2.13. The van der Waals surface area contributed by atoms with Crippen molar-refractivity contribution in [2.75, 3.05) is 11.5 Å². The van der Waals surface area contributed by atoms with Crippen molar-refractivity contribution in [3.05, 3.63) is 0 Å². The van der Waals surface area contributed by atoms with Crippen LogP contribution in [0.2, 0.25) is 24.7 Å². The Kier molecular flexibility index (Phi) is 8.83. The third-order valence-corrected chi connectivity index (χ3v) is 8.19. The average molecular weight is 237 g/mol. The van der Waals surface area contributed by atoms with Crippen molar-refractivity contribution in [3.8, 4) is 0 Å². The maximum atomic E-state index is 4.30. The Balaban J connectivity index is 3.84. The molecule has 0 aliphatic rings. The molecular formula is C10H24S2Si. The van der Waals surface area contributed by atoms with Crippen LogP contribution in [-0.2, 0) is 0 Å². The van der Waals surface area contributed by atoms with Gasteiger partial charge in [0.25, 0.3) is 0 Å². The van der Waals surface area contributed by atoms with Crippen molar-refractivity contribution in [1.82, 2.24) is 0 Å². The lowest BCUT2D eigenvalue weighted by molar-refractivity contribution is 0.938. The second-order valence-electron chi connectivity index (χ2n) is 4.21. The Morgan fingerprint density at radius 1 is 0.923 bits per heavy atom. The Morgan fingerprint density at radius 3 is 1.69 bits per heavy atom. The molecule has 0 radical (unpaired) electrons. The van der Waals surface area contributed by atoms with E-state index in [9.17, 15) is 0 Å². The Labute approximate surface area is 95.7 Å². The first-order chi connectivity index (χ1) is 6.18. The highest BCUT2D eigenvalue weighted by Crippen LogP contribution is 2.26. The summed E-state index contributed by atoms with van der Waals surface area (Å²) in [6.45, 7) is 4.87. The summed E-state index contributed by atoms with van der Waals surface area (Å²) in [5, 5.41) is 0. The summed E-state index contributed by atoms with van der Waals surface area (Å²) < 4.78 is 0. The first kappa shape index (κ1) is 13.9. The highest BCUT2D eigenvalue weighted by Gasteiger charge is 2.24. The Bertz CT molecular complexity index is 109. The second kappa shape index (κ2) is 8.24. The third kappa shape index (κ3) is 6.92. The molecular weight excluding hydrogens is 212 g/mol. The Hall–Kier alpha value is 0.917. The van der Waals surface area contributed by atoms with E-state index in [1.807, 2.05) is 0 Å². The number of thiol groups is 2. The molecule has 0 aliphatic carbocycles. The lowest BCUT2D eigenvalue weighted by atomic mass is 10.5. The van der Waals surface area contributed by atoms with Crippen molar-refractivity contribution in [1.29, 1.82) is 0 Å². The molecule has 0 amide bonds. The minimum atomic E-state index is -0.889. The average Bonchev–Trinajstić information content (AvgIpc) is 2.12. The lowest BCUT2D eigenvalue weighted by Crippen LogP contribution is -2.29. The molecule has 0 heterocycles. The molecule has 0 spiro atoms. The molecule has 0 fully saturated rings. The van der Waals surface area contributed by atoms with Crippen molar-refractivity contribution in [2.24, 2.45) is 0 Å². The number of hydrogen-bond donors (Lipinski definition) is 2. The van der Waals surface area contributed by atoms with E-state index in [1.54, 1.807) is 0 Å². The van der Waals surface area contributed by atoms with Gasteiger partial charge in [-0.2, -0.15) is 25.3 Å². The standard InChI is InChI=1S/C10H24S2Si/c1-3-8-13(2,9-4-6-11)10-5-7-12/h11-12H,3-10H2,1-2H3. The summed E-state index contributed by atoms with van der Waals surface area (Å²) >= 11 is 8.60. The van der Waals surface area contributed by atoms with E-state index >= 15 is 0 Å². The smallest absolute Gasteiger partial charge is 0.0505 e. The molecule has 0 aromatic heterocycles. The molecule has 0 saturated heterocycles. The normalized spacial score (nSPS) is 12.0. The molecule has 0 rings (SSSR count). The van der Waals surface area contributed by atoms with Gasteiger partial charge in [-0.3, -0.25) is 0 Å². The molecule has 0 aliphatic heterocycles. The van der Waals surface area contributed by atoms with Crippen LogP contribution in [0.1, 0.15) is 26.2 Å². The van der Waals surface area contributed by atoms with Crippen LogP contribution >= 0.6 is 25.3 Å². The molecule has 80 valence electrons. The van der Waals surface area contributed by atoms with Gasteiger partial charge >= 0.3 is 0 Å². The third-order valence-electron chi connectivity index (χ3n) is 2.73. The fourth-order valence-electron chi connectivity index (χ4n) is 1.99. The predicted molar refractivity (Wildman–Crippen MR) is 73.3 cm³/mol. The second-order valence-corrected chi connectivity index (χ2v) is 10.2. The van der Waals surface area contributed by atoms with Gasteiger partial charge in [0, 0.05) is 0 Å². The van der Waals surface area contributed by atoms with Crippen molar-refractivity contribution in [3.63, 3.8) is 0 Å². The van der Waals surface area contributed by atoms with E-state index < -0.39 is 8.07 Å². The quantitative estimate of drug-likeness (QED) is 0.460. The van der Waals surface area contributed by atoms with Crippen LogP contribution in [0.3, 0.4) is 0 Å². The maximum Gasteiger partial charge on any atom is 0.0505 e. The van der Waals surface area contributed by atoms with Crippen molar-refractivity contribution in [2.45, 2.75) is 50.9 Å². The van der Waals surface area contributed by atoms with Crippen molar-refractivity contribution >= 4 is 33.3 Å². The van der Waals surface area contributed by atoms with E-state index in [0.717, 1.165) is 11.5 Å². The number of rotatable bonds is 8. The fourth-order valence-corrected chi connectivity index (χ4v) is 6.92. The van der Waals surface area contributed by atoms with E-state index in [4.69, 9.17) is 0 Å². The van der Waals surface area contributed by atoms with Crippen LogP contribution < -0.4 is 0 Å². The first-order valence-corrected chi connectivity index (χ1v) is 9.79. The zero-order valence-electron chi connectivity index (χ0n) is 9.05. The molecule has 0 aromatic carbocycles. The van der Waals surface area contributed by atoms with Crippen LogP contribution in [0.15, 0.2) is 0 Å². The van der Waals surface area contributed by atoms with E-state index in [2.05, 4.69) is 38.7 Å². The highest BCUT2D eigenvalue weighted by molar-refractivity contribution is 7.80. The van der Waals surface area contributed by atoms with Crippen LogP contribution in [0.4, 0.5) is 0 Å².